The zero-order valence-electron chi connectivity index (χ0n) is 11.5. The van der Waals surface area contributed by atoms with Crippen LogP contribution in [0.1, 0.15) is 11.1 Å². The number of nitriles is 1. The SMILES string of the molecule is N#Cc1cn(-c2c(Cl)cc(C(F)(F)F)cc2Cl)cc1[S+]([O-])C(F)(Cl)Cl. The van der Waals surface area contributed by atoms with Crippen molar-refractivity contribution in [2.75, 3.05) is 0 Å². The first-order valence-corrected chi connectivity index (χ1v) is 8.69. The Kier molecular flexibility index (Phi) is 5.79. The molecule has 0 spiro atoms. The molecule has 2 rings (SSSR count). The van der Waals surface area contributed by atoms with Gasteiger partial charge in [-0.05, 0) is 35.3 Å². The van der Waals surface area contributed by atoms with E-state index in [0.717, 1.165) is 17.0 Å². The molecule has 1 heterocycles. The van der Waals surface area contributed by atoms with Crippen molar-refractivity contribution in [2.45, 2.75) is 15.0 Å². The maximum atomic E-state index is 13.5. The molecule has 0 bridgehead atoms. The van der Waals surface area contributed by atoms with E-state index in [0.29, 0.717) is 12.1 Å². The fraction of sp³-hybridized carbons (Fsp3) is 0.154. The van der Waals surface area contributed by atoms with E-state index >= 15 is 0 Å². The Morgan fingerprint density at radius 3 is 2.00 bits per heavy atom. The summed E-state index contributed by atoms with van der Waals surface area (Å²) in [5, 5.41) is 8.28. The molecule has 0 aliphatic heterocycles. The molecule has 2 aromatic rings. The van der Waals surface area contributed by atoms with Crippen LogP contribution in [0.5, 0.6) is 0 Å². The van der Waals surface area contributed by atoms with Gasteiger partial charge in [0.05, 0.1) is 38.7 Å². The summed E-state index contributed by atoms with van der Waals surface area (Å²) in [4.78, 5) is -0.373. The molecule has 1 unspecified atom stereocenters. The second kappa shape index (κ2) is 7.06. The lowest BCUT2D eigenvalue weighted by atomic mass is 10.2. The van der Waals surface area contributed by atoms with Crippen LogP contribution in [0.4, 0.5) is 17.6 Å². The summed E-state index contributed by atoms with van der Waals surface area (Å²) in [7, 11) is 0. The maximum absolute atomic E-state index is 13.5. The first kappa shape index (κ1) is 20.5. The van der Waals surface area contributed by atoms with E-state index in [4.69, 9.17) is 51.7 Å². The number of aromatic nitrogens is 1. The molecule has 0 N–H and O–H groups in total. The first-order valence-electron chi connectivity index (χ1n) is 6.03. The van der Waals surface area contributed by atoms with Gasteiger partial charge in [-0.15, -0.1) is 0 Å². The Balaban J connectivity index is 2.61. The minimum atomic E-state index is -4.67. The Labute approximate surface area is 161 Å². The van der Waals surface area contributed by atoms with Crippen LogP contribution >= 0.6 is 46.4 Å². The van der Waals surface area contributed by atoms with Crippen molar-refractivity contribution in [3.63, 3.8) is 0 Å². The summed E-state index contributed by atoms with van der Waals surface area (Å²) in [5.74, 6) is 0. The van der Waals surface area contributed by atoms with E-state index in [9.17, 15) is 22.1 Å². The summed E-state index contributed by atoms with van der Waals surface area (Å²) in [6.45, 7) is 0. The molecule has 1 atom stereocenters. The van der Waals surface area contributed by atoms with E-state index in [1.54, 1.807) is 6.07 Å². The fourth-order valence-electron chi connectivity index (χ4n) is 1.90. The summed E-state index contributed by atoms with van der Waals surface area (Å²) >= 11 is 19.4. The van der Waals surface area contributed by atoms with Gasteiger partial charge in [0.15, 0.2) is 4.90 Å². The number of alkyl halides is 6. The molecule has 0 amide bonds. The van der Waals surface area contributed by atoms with Gasteiger partial charge in [0.2, 0.25) is 0 Å². The molecule has 25 heavy (non-hydrogen) atoms. The monoisotopic (exact) mass is 452 g/mol. The van der Waals surface area contributed by atoms with Crippen molar-refractivity contribution in [1.29, 1.82) is 5.26 Å². The average Bonchev–Trinajstić information content (AvgIpc) is 2.87. The number of rotatable bonds is 3. The van der Waals surface area contributed by atoms with E-state index in [1.165, 1.54) is 0 Å². The Hall–Kier alpha value is -0.820. The minimum absolute atomic E-state index is 0.121. The number of hydrogen-bond acceptors (Lipinski definition) is 2. The summed E-state index contributed by atoms with van der Waals surface area (Å²) < 4.78 is 61.6. The standard InChI is InChI=1S/C13H4Cl4F4N2OS/c14-8-1-7(12(18,19)20)2-9(15)11(8)23-4-6(3-22)10(5-23)25(24)13(16,17)21/h1-2,4-5H. The van der Waals surface area contributed by atoms with Crippen molar-refractivity contribution in [1.82, 2.24) is 4.57 Å². The predicted molar refractivity (Wildman–Crippen MR) is 87.5 cm³/mol. The van der Waals surface area contributed by atoms with Crippen LogP contribution in [0, 0.1) is 11.3 Å². The third kappa shape index (κ3) is 4.30. The van der Waals surface area contributed by atoms with Crippen molar-refractivity contribution in [3.8, 4) is 11.8 Å². The molecule has 0 fully saturated rings. The van der Waals surface area contributed by atoms with Crippen molar-refractivity contribution in [2.24, 2.45) is 0 Å². The Morgan fingerprint density at radius 1 is 1.08 bits per heavy atom. The average molecular weight is 454 g/mol. The lowest BCUT2D eigenvalue weighted by Crippen LogP contribution is -2.21. The Bertz CT molecular complexity index is 834. The zero-order chi connectivity index (χ0) is 19.2. The lowest BCUT2D eigenvalue weighted by Gasteiger charge is -2.14. The number of nitrogens with zero attached hydrogens (tertiary/aromatic N) is 2. The molecule has 0 radical (unpaired) electrons. The van der Waals surface area contributed by atoms with Crippen LogP contribution in [0.15, 0.2) is 29.4 Å². The van der Waals surface area contributed by atoms with Gasteiger partial charge in [0, 0.05) is 6.20 Å². The number of halogens is 8. The van der Waals surface area contributed by atoms with Crippen LogP contribution in [0.3, 0.4) is 0 Å². The largest absolute Gasteiger partial charge is 0.607 e. The van der Waals surface area contributed by atoms with Gasteiger partial charge >= 0.3 is 10.1 Å². The second-order valence-electron chi connectivity index (χ2n) is 4.56. The van der Waals surface area contributed by atoms with E-state index in [1.807, 2.05) is 0 Å². The van der Waals surface area contributed by atoms with Crippen molar-refractivity contribution in [3.05, 3.63) is 45.7 Å². The third-order valence-corrected chi connectivity index (χ3v) is 5.49. The highest BCUT2D eigenvalue weighted by atomic mass is 35.5. The zero-order valence-corrected chi connectivity index (χ0v) is 15.4. The highest BCUT2D eigenvalue weighted by Gasteiger charge is 2.42. The summed E-state index contributed by atoms with van der Waals surface area (Å²) in [6.07, 6.45) is -2.61. The molecule has 3 nitrogen and oxygen atoms in total. The van der Waals surface area contributed by atoms with Crippen LogP contribution in [-0.2, 0) is 17.4 Å². The first-order chi connectivity index (χ1) is 11.4. The van der Waals surface area contributed by atoms with Gasteiger partial charge in [0.25, 0.3) is 0 Å². The molecule has 134 valence electrons. The number of hydrogen-bond donors (Lipinski definition) is 0. The Morgan fingerprint density at radius 2 is 1.60 bits per heavy atom. The molecule has 0 aliphatic carbocycles. The quantitative estimate of drug-likeness (QED) is 0.333. The van der Waals surface area contributed by atoms with Crippen LogP contribution in [-0.4, -0.2) is 13.0 Å². The topological polar surface area (TPSA) is 51.8 Å². The van der Waals surface area contributed by atoms with E-state index in [-0.39, 0.29) is 26.2 Å². The predicted octanol–water partition coefficient (Wildman–Crippen LogP) is 5.84. The van der Waals surface area contributed by atoms with Gasteiger partial charge in [-0.3, -0.25) is 0 Å². The second-order valence-corrected chi connectivity index (χ2v) is 8.59. The van der Waals surface area contributed by atoms with E-state index < -0.39 is 26.8 Å². The van der Waals surface area contributed by atoms with Crippen molar-refractivity contribution >= 4 is 57.6 Å². The van der Waals surface area contributed by atoms with Gasteiger partial charge < -0.3 is 9.12 Å². The van der Waals surface area contributed by atoms with Crippen LogP contribution in [0.2, 0.25) is 10.0 Å². The third-order valence-electron chi connectivity index (χ3n) is 2.92. The molecule has 1 aromatic carbocycles. The molecular weight excluding hydrogens is 450 g/mol. The smallest absolute Gasteiger partial charge is 0.423 e. The summed E-state index contributed by atoms with van der Waals surface area (Å²) in [5.41, 5.74) is -1.47. The highest BCUT2D eigenvalue weighted by Crippen LogP contribution is 2.40. The molecule has 0 aliphatic rings. The van der Waals surface area contributed by atoms with Crippen LogP contribution in [0.25, 0.3) is 5.69 Å². The molecule has 12 heteroatoms. The summed E-state index contributed by atoms with van der Waals surface area (Å²) in [6, 6.07) is 2.92. The molecule has 0 saturated carbocycles. The minimum Gasteiger partial charge on any atom is -0.607 e. The molecular formula is C13H4Cl4F4N2OS. The van der Waals surface area contributed by atoms with Gasteiger partial charge in [-0.25, -0.2) is 0 Å². The maximum Gasteiger partial charge on any atom is 0.423 e. The lowest BCUT2D eigenvalue weighted by molar-refractivity contribution is -0.137. The van der Waals surface area contributed by atoms with Gasteiger partial charge in [0.1, 0.15) is 11.6 Å². The highest BCUT2D eigenvalue weighted by molar-refractivity contribution is 7.95. The molecule has 1 aromatic heterocycles. The van der Waals surface area contributed by atoms with E-state index in [2.05, 4.69) is 0 Å². The fourth-order valence-corrected chi connectivity index (χ4v) is 3.83. The van der Waals surface area contributed by atoms with Crippen molar-refractivity contribution < 1.29 is 22.1 Å². The van der Waals surface area contributed by atoms with Crippen LogP contribution < -0.4 is 0 Å². The van der Waals surface area contributed by atoms with Gasteiger partial charge in [-0.1, -0.05) is 23.2 Å². The number of benzene rings is 1. The molecule has 0 saturated heterocycles. The van der Waals surface area contributed by atoms with Gasteiger partial charge in [-0.2, -0.15) is 22.8 Å². The normalized spacial score (nSPS) is 13.6.